The first-order valence-corrected chi connectivity index (χ1v) is 7.44. The number of benzene rings is 2. The minimum atomic E-state index is -0.365. The van der Waals surface area contributed by atoms with Gasteiger partial charge in [-0.2, -0.15) is 0 Å². The standard InChI is InChI=1S/C14H9BrN2O2S/c15-10-5-6-13(12(8-10)17(18)19)20-14-7-9-3-1-2-4-11(9)16-14/h1-8,16H. The monoisotopic (exact) mass is 348 g/mol. The molecule has 0 amide bonds. The van der Waals surface area contributed by atoms with E-state index in [0.717, 1.165) is 15.9 Å². The molecule has 0 atom stereocenters. The van der Waals surface area contributed by atoms with Crippen LogP contribution in [-0.2, 0) is 0 Å². The van der Waals surface area contributed by atoms with Crippen LogP contribution in [0.4, 0.5) is 5.69 Å². The van der Waals surface area contributed by atoms with Gasteiger partial charge in [0, 0.05) is 21.4 Å². The zero-order chi connectivity index (χ0) is 14.1. The normalized spacial score (nSPS) is 10.8. The molecule has 0 aliphatic rings. The third-order valence-corrected chi connectivity index (χ3v) is 4.34. The number of nitrogens with zero attached hydrogens (tertiary/aromatic N) is 1. The van der Waals surface area contributed by atoms with Gasteiger partial charge in [0.2, 0.25) is 0 Å². The summed E-state index contributed by atoms with van der Waals surface area (Å²) in [5, 5.41) is 13.1. The van der Waals surface area contributed by atoms with E-state index in [2.05, 4.69) is 20.9 Å². The van der Waals surface area contributed by atoms with E-state index >= 15 is 0 Å². The molecule has 1 N–H and O–H groups in total. The molecule has 0 aliphatic heterocycles. The van der Waals surface area contributed by atoms with Crippen LogP contribution in [0.5, 0.6) is 0 Å². The highest BCUT2D eigenvalue weighted by Gasteiger charge is 2.16. The second kappa shape index (κ2) is 5.30. The Balaban J connectivity index is 2.00. The van der Waals surface area contributed by atoms with Crippen LogP contribution in [0.1, 0.15) is 0 Å². The molecule has 0 unspecified atom stereocenters. The summed E-state index contributed by atoms with van der Waals surface area (Å²) in [4.78, 5) is 14.6. The number of fused-ring (bicyclic) bond motifs is 1. The molecule has 0 spiro atoms. The fourth-order valence-electron chi connectivity index (χ4n) is 1.94. The van der Waals surface area contributed by atoms with Crippen LogP contribution in [0.15, 0.2) is 62.9 Å². The van der Waals surface area contributed by atoms with Gasteiger partial charge in [0.25, 0.3) is 5.69 Å². The van der Waals surface area contributed by atoms with Crippen LogP contribution >= 0.6 is 27.7 Å². The lowest BCUT2D eigenvalue weighted by Gasteiger charge is -2.01. The average molecular weight is 349 g/mol. The highest BCUT2D eigenvalue weighted by molar-refractivity contribution is 9.10. The maximum absolute atomic E-state index is 11.1. The third-order valence-electron chi connectivity index (χ3n) is 2.84. The molecule has 100 valence electrons. The van der Waals surface area contributed by atoms with Crippen molar-refractivity contribution in [2.45, 2.75) is 9.92 Å². The summed E-state index contributed by atoms with van der Waals surface area (Å²) in [5.41, 5.74) is 1.12. The van der Waals surface area contributed by atoms with Crippen LogP contribution < -0.4 is 0 Å². The molecule has 3 rings (SSSR count). The van der Waals surface area contributed by atoms with E-state index in [0.29, 0.717) is 9.37 Å². The summed E-state index contributed by atoms with van der Waals surface area (Å²) in [5.74, 6) is 0. The van der Waals surface area contributed by atoms with Crippen molar-refractivity contribution >= 4 is 44.3 Å². The van der Waals surface area contributed by atoms with Crippen molar-refractivity contribution in [3.05, 3.63) is 63.1 Å². The number of aromatic amines is 1. The van der Waals surface area contributed by atoms with Gasteiger partial charge in [0.05, 0.1) is 14.8 Å². The SMILES string of the molecule is O=[N+]([O-])c1cc(Br)ccc1Sc1cc2ccccc2[nH]1. The van der Waals surface area contributed by atoms with Crippen LogP contribution in [0, 0.1) is 10.1 Å². The molecular formula is C14H9BrN2O2S. The van der Waals surface area contributed by atoms with Crippen LogP contribution in [-0.4, -0.2) is 9.91 Å². The van der Waals surface area contributed by atoms with E-state index in [4.69, 9.17) is 0 Å². The highest BCUT2D eigenvalue weighted by atomic mass is 79.9. The fraction of sp³-hybridized carbons (Fsp3) is 0. The number of nitro groups is 1. The topological polar surface area (TPSA) is 58.9 Å². The number of nitrogens with one attached hydrogen (secondary N) is 1. The van der Waals surface area contributed by atoms with Crippen molar-refractivity contribution in [2.24, 2.45) is 0 Å². The number of rotatable bonds is 3. The van der Waals surface area contributed by atoms with Crippen molar-refractivity contribution in [3.8, 4) is 0 Å². The van der Waals surface area contributed by atoms with Gasteiger partial charge in [0.15, 0.2) is 0 Å². The molecule has 2 aromatic carbocycles. The van der Waals surface area contributed by atoms with Crippen molar-refractivity contribution in [2.75, 3.05) is 0 Å². The number of H-pyrrole nitrogens is 1. The first kappa shape index (κ1) is 13.2. The van der Waals surface area contributed by atoms with Crippen molar-refractivity contribution in [1.82, 2.24) is 4.98 Å². The summed E-state index contributed by atoms with van der Waals surface area (Å²) in [6, 6.07) is 15.0. The van der Waals surface area contributed by atoms with E-state index < -0.39 is 0 Å². The summed E-state index contributed by atoms with van der Waals surface area (Å²) < 4.78 is 0.699. The summed E-state index contributed by atoms with van der Waals surface area (Å²) in [7, 11) is 0. The predicted molar refractivity (Wildman–Crippen MR) is 83.2 cm³/mol. The number of hydrogen-bond donors (Lipinski definition) is 1. The zero-order valence-electron chi connectivity index (χ0n) is 10.2. The van der Waals surface area contributed by atoms with Gasteiger partial charge in [-0.05, 0) is 24.3 Å². The van der Waals surface area contributed by atoms with Crippen molar-refractivity contribution < 1.29 is 4.92 Å². The Morgan fingerprint density at radius 3 is 2.70 bits per heavy atom. The molecular weight excluding hydrogens is 340 g/mol. The Bertz CT molecular complexity index is 768. The van der Waals surface area contributed by atoms with Crippen LogP contribution in [0.2, 0.25) is 0 Å². The lowest BCUT2D eigenvalue weighted by molar-refractivity contribution is -0.387. The predicted octanol–water partition coefficient (Wildman–Crippen LogP) is 4.99. The minimum Gasteiger partial charge on any atom is -0.349 e. The van der Waals surface area contributed by atoms with E-state index in [1.165, 1.54) is 17.8 Å². The maximum atomic E-state index is 11.1. The Hall–Kier alpha value is -1.79. The first-order valence-electron chi connectivity index (χ1n) is 5.83. The molecule has 20 heavy (non-hydrogen) atoms. The van der Waals surface area contributed by atoms with Crippen molar-refractivity contribution in [1.29, 1.82) is 0 Å². The summed E-state index contributed by atoms with van der Waals surface area (Å²) >= 11 is 4.62. The molecule has 1 heterocycles. The molecule has 6 heteroatoms. The van der Waals surface area contributed by atoms with Gasteiger partial charge < -0.3 is 4.98 Å². The lowest BCUT2D eigenvalue weighted by atomic mass is 10.3. The smallest absolute Gasteiger partial charge is 0.284 e. The molecule has 0 radical (unpaired) electrons. The van der Waals surface area contributed by atoms with Crippen LogP contribution in [0.25, 0.3) is 10.9 Å². The van der Waals surface area contributed by atoms with E-state index in [1.807, 2.05) is 30.3 Å². The Morgan fingerprint density at radius 1 is 1.15 bits per heavy atom. The molecule has 0 saturated heterocycles. The molecule has 1 aromatic heterocycles. The molecule has 0 fully saturated rings. The number of hydrogen-bond acceptors (Lipinski definition) is 3. The van der Waals surface area contributed by atoms with E-state index in [9.17, 15) is 10.1 Å². The Morgan fingerprint density at radius 2 is 1.95 bits per heavy atom. The first-order chi connectivity index (χ1) is 9.63. The molecule has 0 aliphatic carbocycles. The summed E-state index contributed by atoms with van der Waals surface area (Å²) in [6.45, 7) is 0. The molecule has 0 saturated carbocycles. The average Bonchev–Trinajstić information content (AvgIpc) is 2.82. The Labute approximate surface area is 127 Å². The van der Waals surface area contributed by atoms with E-state index in [-0.39, 0.29) is 10.6 Å². The van der Waals surface area contributed by atoms with Crippen LogP contribution in [0.3, 0.4) is 0 Å². The quantitative estimate of drug-likeness (QED) is 0.535. The summed E-state index contributed by atoms with van der Waals surface area (Å²) in [6.07, 6.45) is 0. The largest absolute Gasteiger partial charge is 0.349 e. The van der Waals surface area contributed by atoms with E-state index in [1.54, 1.807) is 12.1 Å². The minimum absolute atomic E-state index is 0.100. The highest BCUT2D eigenvalue weighted by Crippen LogP contribution is 2.37. The zero-order valence-corrected chi connectivity index (χ0v) is 12.6. The second-order valence-electron chi connectivity index (χ2n) is 4.19. The van der Waals surface area contributed by atoms with Gasteiger partial charge in [0.1, 0.15) is 0 Å². The van der Waals surface area contributed by atoms with Gasteiger partial charge in [-0.15, -0.1) is 0 Å². The van der Waals surface area contributed by atoms with Gasteiger partial charge in [-0.3, -0.25) is 10.1 Å². The third kappa shape index (κ3) is 2.57. The van der Waals surface area contributed by atoms with Gasteiger partial charge >= 0.3 is 0 Å². The molecule has 3 aromatic rings. The number of para-hydroxylation sites is 1. The second-order valence-corrected chi connectivity index (χ2v) is 6.19. The van der Waals surface area contributed by atoms with Crippen molar-refractivity contribution in [3.63, 3.8) is 0 Å². The molecule has 4 nitrogen and oxygen atoms in total. The number of halogens is 1. The molecule has 0 bridgehead atoms. The Kier molecular flexibility index (Phi) is 3.50. The number of aromatic nitrogens is 1. The van der Waals surface area contributed by atoms with Gasteiger partial charge in [-0.1, -0.05) is 45.9 Å². The maximum Gasteiger partial charge on any atom is 0.284 e. The lowest BCUT2D eigenvalue weighted by Crippen LogP contribution is -1.90. The fourth-order valence-corrected chi connectivity index (χ4v) is 3.25. The van der Waals surface area contributed by atoms with Gasteiger partial charge in [-0.25, -0.2) is 0 Å². The number of nitro benzene ring substituents is 1.